The molecule has 0 bridgehead atoms. The van der Waals surface area contributed by atoms with Crippen LogP contribution < -0.4 is 4.74 Å². The highest BCUT2D eigenvalue weighted by molar-refractivity contribution is 5.76. The molecule has 2 heterocycles. The molecule has 3 rings (SSSR count). The number of amides is 1. The summed E-state index contributed by atoms with van der Waals surface area (Å²) in [5, 5.41) is 0. The number of benzene rings is 1. The second-order valence-electron chi connectivity index (χ2n) is 7.94. The third-order valence-electron chi connectivity index (χ3n) is 6.25. The van der Waals surface area contributed by atoms with Crippen LogP contribution in [0.3, 0.4) is 0 Å². The van der Waals surface area contributed by atoms with E-state index in [0.717, 1.165) is 57.8 Å². The largest absolute Gasteiger partial charge is 0.497 e. The predicted octanol–water partition coefficient (Wildman–Crippen LogP) is 2.44. The molecule has 1 aromatic rings. The number of rotatable bonds is 6. The maximum absolute atomic E-state index is 12.6. The van der Waals surface area contributed by atoms with Crippen LogP contribution in [-0.2, 0) is 16.0 Å². The van der Waals surface area contributed by atoms with E-state index in [1.807, 2.05) is 24.3 Å². The lowest BCUT2D eigenvalue weighted by Crippen LogP contribution is -2.47. The number of piperidine rings is 1. The summed E-state index contributed by atoms with van der Waals surface area (Å²) in [6.45, 7) is 4.84. The molecule has 5 nitrogen and oxygen atoms in total. The Labute approximate surface area is 157 Å². The van der Waals surface area contributed by atoms with Gasteiger partial charge in [0.25, 0.3) is 0 Å². The molecular weight excluding hydrogens is 328 g/mol. The van der Waals surface area contributed by atoms with Gasteiger partial charge < -0.3 is 19.3 Å². The second-order valence-corrected chi connectivity index (χ2v) is 7.94. The van der Waals surface area contributed by atoms with Gasteiger partial charge in [0.2, 0.25) is 5.91 Å². The average Bonchev–Trinajstić information content (AvgIpc) is 2.95. The molecular formula is C21H32N2O3. The van der Waals surface area contributed by atoms with Crippen LogP contribution in [0, 0.1) is 11.3 Å². The van der Waals surface area contributed by atoms with Crippen molar-refractivity contribution >= 4 is 5.91 Å². The van der Waals surface area contributed by atoms with Crippen LogP contribution >= 0.6 is 0 Å². The monoisotopic (exact) mass is 360 g/mol. The molecule has 0 radical (unpaired) electrons. The van der Waals surface area contributed by atoms with E-state index in [1.54, 1.807) is 14.2 Å². The number of ether oxygens (including phenoxy) is 2. The number of methoxy groups -OCH3 is 2. The maximum atomic E-state index is 12.6. The van der Waals surface area contributed by atoms with E-state index >= 15 is 0 Å². The third-order valence-corrected chi connectivity index (χ3v) is 6.25. The fourth-order valence-corrected chi connectivity index (χ4v) is 4.70. The van der Waals surface area contributed by atoms with Crippen molar-refractivity contribution in [1.82, 2.24) is 9.80 Å². The molecule has 0 aromatic heterocycles. The van der Waals surface area contributed by atoms with Crippen LogP contribution in [-0.4, -0.2) is 69.8 Å². The molecule has 2 saturated heterocycles. The van der Waals surface area contributed by atoms with E-state index in [-0.39, 0.29) is 5.91 Å². The fraction of sp³-hybridized carbons (Fsp3) is 0.667. The first-order valence-electron chi connectivity index (χ1n) is 9.64. The summed E-state index contributed by atoms with van der Waals surface area (Å²) in [5.41, 5.74) is 1.52. The number of hydrogen-bond donors (Lipinski definition) is 0. The van der Waals surface area contributed by atoms with Gasteiger partial charge in [-0.15, -0.1) is 0 Å². The summed E-state index contributed by atoms with van der Waals surface area (Å²) in [4.78, 5) is 17.1. The van der Waals surface area contributed by atoms with E-state index in [4.69, 9.17) is 9.47 Å². The molecule has 2 aliphatic heterocycles. The normalized spacial score (nSPS) is 22.7. The summed E-state index contributed by atoms with van der Waals surface area (Å²) in [6, 6.07) is 8.00. The summed E-state index contributed by atoms with van der Waals surface area (Å²) in [7, 11) is 5.66. The quantitative estimate of drug-likeness (QED) is 0.781. The Bertz CT molecular complexity index is 594. The maximum Gasteiger partial charge on any atom is 0.222 e. The minimum atomic E-state index is 0.283. The number of carbonyl (C=O) groups is 1. The topological polar surface area (TPSA) is 42.0 Å². The van der Waals surface area contributed by atoms with Crippen molar-refractivity contribution in [1.29, 1.82) is 0 Å². The predicted molar refractivity (Wildman–Crippen MR) is 102 cm³/mol. The first-order valence-corrected chi connectivity index (χ1v) is 9.64. The van der Waals surface area contributed by atoms with Crippen molar-refractivity contribution < 1.29 is 14.3 Å². The Morgan fingerprint density at radius 2 is 1.88 bits per heavy atom. The van der Waals surface area contributed by atoms with Crippen LogP contribution in [0.15, 0.2) is 24.3 Å². The molecule has 2 fully saturated rings. The van der Waals surface area contributed by atoms with Gasteiger partial charge in [0.05, 0.1) is 13.7 Å². The molecule has 1 aromatic carbocycles. The lowest BCUT2D eigenvalue weighted by molar-refractivity contribution is -0.134. The molecule has 1 atom stereocenters. The Morgan fingerprint density at radius 1 is 1.19 bits per heavy atom. The first kappa shape index (κ1) is 19.2. The summed E-state index contributed by atoms with van der Waals surface area (Å²) >= 11 is 0. The van der Waals surface area contributed by atoms with Gasteiger partial charge in [0, 0.05) is 45.6 Å². The van der Waals surface area contributed by atoms with Crippen LogP contribution in [0.1, 0.15) is 24.8 Å². The third kappa shape index (κ3) is 4.21. The van der Waals surface area contributed by atoms with Crippen molar-refractivity contribution in [3.63, 3.8) is 0 Å². The highest BCUT2D eigenvalue weighted by Gasteiger charge is 2.47. The minimum absolute atomic E-state index is 0.283. The number of hydrogen-bond acceptors (Lipinski definition) is 4. The smallest absolute Gasteiger partial charge is 0.222 e. The van der Waals surface area contributed by atoms with Gasteiger partial charge >= 0.3 is 0 Å². The molecule has 2 aliphatic rings. The number of likely N-dealkylation sites (tertiary alicyclic amines) is 2. The lowest BCUT2D eigenvalue weighted by atomic mass is 9.71. The van der Waals surface area contributed by atoms with Gasteiger partial charge in [-0.25, -0.2) is 0 Å². The van der Waals surface area contributed by atoms with Crippen molar-refractivity contribution in [2.75, 3.05) is 54.1 Å². The van der Waals surface area contributed by atoms with Gasteiger partial charge in [-0.1, -0.05) is 12.1 Å². The molecule has 0 aliphatic carbocycles. The zero-order valence-corrected chi connectivity index (χ0v) is 16.4. The molecule has 0 saturated carbocycles. The molecule has 1 unspecified atom stereocenters. The number of aryl methyl sites for hydroxylation is 1. The molecule has 26 heavy (non-hydrogen) atoms. The number of nitrogens with zero attached hydrogens (tertiary/aromatic N) is 2. The summed E-state index contributed by atoms with van der Waals surface area (Å²) in [5.74, 6) is 1.73. The van der Waals surface area contributed by atoms with Gasteiger partial charge in [0.1, 0.15) is 5.75 Å². The van der Waals surface area contributed by atoms with Crippen molar-refractivity contribution in [3.05, 3.63) is 29.8 Å². The summed E-state index contributed by atoms with van der Waals surface area (Å²) in [6.07, 6.45) is 3.57. The zero-order valence-electron chi connectivity index (χ0n) is 16.4. The van der Waals surface area contributed by atoms with Crippen LogP contribution in [0.4, 0.5) is 0 Å². The highest BCUT2D eigenvalue weighted by atomic mass is 16.5. The van der Waals surface area contributed by atoms with E-state index in [1.165, 1.54) is 5.56 Å². The molecule has 1 amide bonds. The zero-order chi connectivity index (χ0) is 18.6. The van der Waals surface area contributed by atoms with Crippen molar-refractivity contribution in [2.45, 2.75) is 25.7 Å². The van der Waals surface area contributed by atoms with Gasteiger partial charge in [0.15, 0.2) is 0 Å². The standard InChI is InChI=1S/C21H32N2O3/c1-22-14-18(15-25-2)21(16-22)10-12-23(13-11-21)20(24)9-6-17-4-7-19(26-3)8-5-17/h4-5,7-8,18H,6,9-16H2,1-3H3. The highest BCUT2D eigenvalue weighted by Crippen LogP contribution is 2.44. The molecule has 144 valence electrons. The van der Waals surface area contributed by atoms with Crippen LogP contribution in [0.5, 0.6) is 5.75 Å². The van der Waals surface area contributed by atoms with E-state index in [0.29, 0.717) is 17.8 Å². The Hall–Kier alpha value is -1.59. The number of carbonyl (C=O) groups excluding carboxylic acids is 1. The minimum Gasteiger partial charge on any atom is -0.497 e. The van der Waals surface area contributed by atoms with Crippen LogP contribution in [0.2, 0.25) is 0 Å². The fourth-order valence-electron chi connectivity index (χ4n) is 4.70. The Morgan fingerprint density at radius 3 is 2.50 bits per heavy atom. The Kier molecular flexibility index (Phi) is 6.20. The van der Waals surface area contributed by atoms with Crippen molar-refractivity contribution in [3.8, 4) is 5.75 Å². The second kappa shape index (κ2) is 8.40. The van der Waals surface area contributed by atoms with E-state index in [9.17, 15) is 4.79 Å². The average molecular weight is 360 g/mol. The SMILES string of the molecule is COCC1CN(C)CC12CCN(C(=O)CCc1ccc(OC)cc1)CC2. The molecule has 0 N–H and O–H groups in total. The lowest BCUT2D eigenvalue weighted by Gasteiger charge is -2.42. The molecule has 1 spiro atoms. The van der Waals surface area contributed by atoms with Gasteiger partial charge in [-0.2, -0.15) is 0 Å². The van der Waals surface area contributed by atoms with Gasteiger partial charge in [-0.3, -0.25) is 4.79 Å². The van der Waals surface area contributed by atoms with E-state index in [2.05, 4.69) is 16.8 Å². The van der Waals surface area contributed by atoms with Crippen molar-refractivity contribution in [2.24, 2.45) is 11.3 Å². The molecule has 5 heteroatoms. The van der Waals surface area contributed by atoms with Crippen LogP contribution in [0.25, 0.3) is 0 Å². The van der Waals surface area contributed by atoms with Gasteiger partial charge in [-0.05, 0) is 49.4 Å². The summed E-state index contributed by atoms with van der Waals surface area (Å²) < 4.78 is 10.6. The Balaban J connectivity index is 1.50. The first-order chi connectivity index (χ1) is 12.6. The van der Waals surface area contributed by atoms with E-state index < -0.39 is 0 Å².